The van der Waals surface area contributed by atoms with Crippen molar-refractivity contribution in [3.05, 3.63) is 70.9 Å². The van der Waals surface area contributed by atoms with Gasteiger partial charge in [-0.2, -0.15) is 9.78 Å². The van der Waals surface area contributed by atoms with Crippen LogP contribution in [0, 0.1) is 20.8 Å². The number of amides is 1. The summed E-state index contributed by atoms with van der Waals surface area (Å²) in [5.74, 6) is 0.933. The maximum absolute atomic E-state index is 12.7. The Labute approximate surface area is 188 Å². The SMILES string of the molecule is Cc1cc(C)nc(-n2nc(C)cc2NC(=O)CSc2nccn2-c2cccc(Cl)c2)n1. The molecule has 158 valence electrons. The second-order valence-corrected chi connectivity index (χ2v) is 8.31. The third-order valence-electron chi connectivity index (χ3n) is 4.28. The number of imidazole rings is 1. The fourth-order valence-corrected chi connectivity index (χ4v) is 4.03. The Hall–Kier alpha value is -3.17. The van der Waals surface area contributed by atoms with Crippen LogP contribution in [0.5, 0.6) is 0 Å². The third kappa shape index (κ3) is 4.95. The number of thioether (sulfide) groups is 1. The molecule has 3 aromatic heterocycles. The van der Waals surface area contributed by atoms with Gasteiger partial charge in [0.05, 0.1) is 11.4 Å². The molecule has 0 unspecified atom stereocenters. The lowest BCUT2D eigenvalue weighted by Gasteiger charge is -2.10. The van der Waals surface area contributed by atoms with Crippen molar-refractivity contribution in [1.82, 2.24) is 29.3 Å². The number of carbonyl (C=O) groups is 1. The van der Waals surface area contributed by atoms with E-state index in [2.05, 4.69) is 25.4 Å². The Bertz CT molecular complexity index is 1230. The molecular formula is C21H20ClN7OS. The van der Waals surface area contributed by atoms with Crippen LogP contribution in [-0.2, 0) is 4.79 Å². The van der Waals surface area contributed by atoms with Crippen LogP contribution in [0.3, 0.4) is 0 Å². The van der Waals surface area contributed by atoms with Crippen molar-refractivity contribution in [2.75, 3.05) is 11.1 Å². The molecule has 0 bridgehead atoms. The highest BCUT2D eigenvalue weighted by Gasteiger charge is 2.15. The van der Waals surface area contributed by atoms with Crippen molar-refractivity contribution >= 4 is 35.1 Å². The topological polar surface area (TPSA) is 90.5 Å². The van der Waals surface area contributed by atoms with Crippen molar-refractivity contribution in [3.8, 4) is 11.6 Å². The number of hydrogen-bond donors (Lipinski definition) is 1. The lowest BCUT2D eigenvalue weighted by molar-refractivity contribution is -0.113. The van der Waals surface area contributed by atoms with Crippen LogP contribution in [0.1, 0.15) is 17.1 Å². The maximum atomic E-state index is 12.7. The van der Waals surface area contributed by atoms with Crippen molar-refractivity contribution in [2.24, 2.45) is 0 Å². The molecule has 3 heterocycles. The molecule has 1 N–H and O–H groups in total. The van der Waals surface area contributed by atoms with Crippen molar-refractivity contribution in [3.63, 3.8) is 0 Å². The van der Waals surface area contributed by atoms with Gasteiger partial charge in [0.1, 0.15) is 5.82 Å². The van der Waals surface area contributed by atoms with Crippen LogP contribution < -0.4 is 5.32 Å². The number of benzene rings is 1. The first-order chi connectivity index (χ1) is 14.9. The molecule has 0 aliphatic heterocycles. The molecule has 4 rings (SSSR count). The summed E-state index contributed by atoms with van der Waals surface area (Å²) in [5, 5.41) is 8.66. The van der Waals surface area contributed by atoms with E-state index in [-0.39, 0.29) is 11.7 Å². The number of nitrogens with zero attached hydrogens (tertiary/aromatic N) is 6. The number of halogens is 1. The van der Waals surface area contributed by atoms with Gasteiger partial charge in [-0.15, -0.1) is 0 Å². The number of aromatic nitrogens is 6. The predicted octanol–water partition coefficient (Wildman–Crippen LogP) is 4.16. The molecule has 4 aromatic rings. The molecule has 10 heteroatoms. The zero-order chi connectivity index (χ0) is 22.0. The van der Waals surface area contributed by atoms with Crippen molar-refractivity contribution in [2.45, 2.75) is 25.9 Å². The second-order valence-electron chi connectivity index (χ2n) is 6.93. The van der Waals surface area contributed by atoms with Gasteiger partial charge in [-0.3, -0.25) is 9.36 Å². The summed E-state index contributed by atoms with van der Waals surface area (Å²) in [7, 11) is 0. The van der Waals surface area contributed by atoms with E-state index in [1.54, 1.807) is 16.9 Å². The summed E-state index contributed by atoms with van der Waals surface area (Å²) in [4.78, 5) is 25.9. The summed E-state index contributed by atoms with van der Waals surface area (Å²) >= 11 is 7.43. The van der Waals surface area contributed by atoms with Gasteiger partial charge in [-0.25, -0.2) is 15.0 Å². The largest absolute Gasteiger partial charge is 0.310 e. The van der Waals surface area contributed by atoms with Crippen LogP contribution in [0.15, 0.2) is 53.9 Å². The third-order valence-corrected chi connectivity index (χ3v) is 5.49. The van der Waals surface area contributed by atoms with Crippen molar-refractivity contribution < 1.29 is 4.79 Å². The normalized spacial score (nSPS) is 11.0. The smallest absolute Gasteiger partial charge is 0.252 e. The average Bonchev–Trinajstić information content (AvgIpc) is 3.32. The van der Waals surface area contributed by atoms with E-state index in [0.717, 1.165) is 22.8 Å². The second kappa shape index (κ2) is 8.91. The first-order valence-corrected chi connectivity index (χ1v) is 10.9. The molecule has 0 spiro atoms. The lowest BCUT2D eigenvalue weighted by atomic mass is 10.3. The average molecular weight is 454 g/mol. The molecule has 0 aliphatic rings. The molecule has 1 aromatic carbocycles. The van der Waals surface area contributed by atoms with Crippen LogP contribution in [-0.4, -0.2) is 41.0 Å². The summed E-state index contributed by atoms with van der Waals surface area (Å²) in [6, 6.07) is 11.1. The van der Waals surface area contributed by atoms with Crippen LogP contribution in [0.25, 0.3) is 11.6 Å². The lowest BCUT2D eigenvalue weighted by Crippen LogP contribution is -2.18. The fraction of sp³-hybridized carbons (Fsp3) is 0.190. The number of rotatable bonds is 6. The zero-order valence-corrected chi connectivity index (χ0v) is 18.8. The minimum absolute atomic E-state index is 0.176. The Morgan fingerprint density at radius 1 is 1.10 bits per heavy atom. The van der Waals surface area contributed by atoms with Gasteiger partial charge in [-0.1, -0.05) is 29.4 Å². The van der Waals surface area contributed by atoms with Gasteiger partial charge in [0.2, 0.25) is 5.91 Å². The summed E-state index contributed by atoms with van der Waals surface area (Å²) in [6.07, 6.45) is 3.53. The molecular weight excluding hydrogens is 434 g/mol. The van der Waals surface area contributed by atoms with E-state index < -0.39 is 0 Å². The molecule has 1 amide bonds. The highest BCUT2D eigenvalue weighted by Crippen LogP contribution is 2.23. The van der Waals surface area contributed by atoms with E-state index in [9.17, 15) is 4.79 Å². The Morgan fingerprint density at radius 2 is 1.87 bits per heavy atom. The minimum atomic E-state index is -0.184. The van der Waals surface area contributed by atoms with Gasteiger partial charge in [-0.05, 0) is 45.0 Å². The van der Waals surface area contributed by atoms with E-state index in [0.29, 0.717) is 21.9 Å². The van der Waals surface area contributed by atoms with E-state index >= 15 is 0 Å². The Balaban J connectivity index is 1.48. The predicted molar refractivity (Wildman–Crippen MR) is 121 cm³/mol. The fourth-order valence-electron chi connectivity index (χ4n) is 3.07. The van der Waals surface area contributed by atoms with Crippen LogP contribution >= 0.6 is 23.4 Å². The molecule has 0 saturated heterocycles. The van der Waals surface area contributed by atoms with Gasteiger partial charge in [0, 0.05) is 40.6 Å². The summed E-state index contributed by atoms with van der Waals surface area (Å²) < 4.78 is 3.44. The van der Waals surface area contributed by atoms with Gasteiger partial charge < -0.3 is 5.32 Å². The first-order valence-electron chi connectivity index (χ1n) is 9.50. The van der Waals surface area contributed by atoms with Gasteiger partial charge >= 0.3 is 0 Å². The van der Waals surface area contributed by atoms with Crippen molar-refractivity contribution in [1.29, 1.82) is 0 Å². The molecule has 31 heavy (non-hydrogen) atoms. The summed E-state index contributed by atoms with van der Waals surface area (Å²) in [5.41, 5.74) is 3.29. The van der Waals surface area contributed by atoms with Gasteiger partial charge in [0.15, 0.2) is 5.16 Å². The monoisotopic (exact) mass is 453 g/mol. The van der Waals surface area contributed by atoms with Crippen LogP contribution in [0.2, 0.25) is 5.02 Å². The van der Waals surface area contributed by atoms with E-state index in [1.807, 2.05) is 61.9 Å². The highest BCUT2D eigenvalue weighted by atomic mass is 35.5. The molecule has 0 atom stereocenters. The number of carbonyl (C=O) groups excluding carboxylic acids is 1. The van der Waals surface area contributed by atoms with Gasteiger partial charge in [0.25, 0.3) is 5.95 Å². The molecule has 0 aliphatic carbocycles. The molecule has 0 radical (unpaired) electrons. The van der Waals surface area contributed by atoms with E-state index in [1.165, 1.54) is 11.8 Å². The van der Waals surface area contributed by atoms with Crippen LogP contribution in [0.4, 0.5) is 5.82 Å². The summed E-state index contributed by atoms with van der Waals surface area (Å²) in [6.45, 7) is 5.64. The highest BCUT2D eigenvalue weighted by molar-refractivity contribution is 7.99. The molecule has 0 saturated carbocycles. The standard InChI is InChI=1S/C21H20ClN7OS/c1-13-9-14(2)25-20(24-13)29-18(10-15(3)27-29)26-19(30)12-31-21-23-7-8-28(21)17-6-4-5-16(22)11-17/h4-11H,12H2,1-3H3,(H,26,30). The number of aryl methyl sites for hydroxylation is 3. The number of anilines is 1. The quantitative estimate of drug-likeness (QED) is 0.441. The molecule has 8 nitrogen and oxygen atoms in total. The molecule has 0 fully saturated rings. The zero-order valence-electron chi connectivity index (χ0n) is 17.2. The number of hydrogen-bond acceptors (Lipinski definition) is 6. The van der Waals surface area contributed by atoms with E-state index in [4.69, 9.17) is 11.6 Å². The Kier molecular flexibility index (Phi) is 6.06. The minimum Gasteiger partial charge on any atom is -0.310 e. The maximum Gasteiger partial charge on any atom is 0.252 e. The number of nitrogens with one attached hydrogen (secondary N) is 1. The Morgan fingerprint density at radius 3 is 2.61 bits per heavy atom. The first kappa shape index (κ1) is 21.1.